The van der Waals surface area contributed by atoms with Crippen LogP contribution in [0.2, 0.25) is 0 Å². The van der Waals surface area contributed by atoms with Crippen molar-refractivity contribution in [1.29, 1.82) is 0 Å². The number of methoxy groups -OCH3 is 1. The summed E-state index contributed by atoms with van der Waals surface area (Å²) in [5.74, 6) is -1.87. The molecule has 1 unspecified atom stereocenters. The molecule has 0 bridgehead atoms. The largest absolute Gasteiger partial charge is 0.468 e. The van der Waals surface area contributed by atoms with Gasteiger partial charge in [-0.15, -0.1) is 0 Å². The number of aliphatic imine (C=N–C) groups is 1. The third kappa shape index (κ3) is 1.58. The third-order valence-corrected chi connectivity index (χ3v) is 1.54. The highest BCUT2D eigenvalue weighted by atomic mass is 16.5. The molecule has 4 nitrogen and oxygen atoms in total. The van der Waals surface area contributed by atoms with Gasteiger partial charge in [0.05, 0.1) is 7.11 Å². The summed E-state index contributed by atoms with van der Waals surface area (Å²) in [5, 5.41) is 0. The Morgan fingerprint density at radius 1 is 1.67 bits per heavy atom. The average molecular weight is 167 g/mol. The molecule has 0 saturated carbocycles. The predicted octanol–water partition coefficient (Wildman–Crippen LogP) is 0.333. The fourth-order valence-corrected chi connectivity index (χ4v) is 0.905. The highest BCUT2D eigenvalue weighted by Gasteiger charge is 2.26. The van der Waals surface area contributed by atoms with Crippen molar-refractivity contribution < 1.29 is 14.3 Å². The lowest BCUT2D eigenvalue weighted by molar-refractivity contribution is -0.147. The number of hydrogen-bond donors (Lipinski definition) is 0. The molecule has 4 heteroatoms. The van der Waals surface area contributed by atoms with Gasteiger partial charge in [-0.2, -0.15) is 0 Å². The Morgan fingerprint density at radius 3 is 2.83 bits per heavy atom. The van der Waals surface area contributed by atoms with Gasteiger partial charge >= 0.3 is 5.97 Å². The number of allylic oxidation sites excluding steroid dienone is 1. The van der Waals surface area contributed by atoms with Crippen LogP contribution in [0.5, 0.6) is 0 Å². The van der Waals surface area contributed by atoms with Gasteiger partial charge in [-0.1, -0.05) is 6.08 Å². The van der Waals surface area contributed by atoms with E-state index in [1.54, 1.807) is 13.0 Å². The molecule has 12 heavy (non-hydrogen) atoms. The van der Waals surface area contributed by atoms with Crippen molar-refractivity contribution in [2.75, 3.05) is 7.11 Å². The van der Waals surface area contributed by atoms with E-state index < -0.39 is 17.8 Å². The smallest absolute Gasteiger partial charge is 0.322 e. The van der Waals surface area contributed by atoms with Crippen LogP contribution in [0.1, 0.15) is 6.92 Å². The lowest BCUT2D eigenvalue weighted by Crippen LogP contribution is -2.25. The standard InChI is InChI=1S/C8H9NO3/c1-5-3-4-6(7(10)9-5)8(11)12-2/h3-4,6H,1-2H3. The molecule has 0 aliphatic carbocycles. The number of nitrogens with zero attached hydrogens (tertiary/aromatic N) is 1. The fourth-order valence-electron chi connectivity index (χ4n) is 0.905. The van der Waals surface area contributed by atoms with Crippen LogP contribution in [-0.2, 0) is 14.3 Å². The van der Waals surface area contributed by atoms with E-state index in [1.165, 1.54) is 13.2 Å². The molecule has 0 radical (unpaired) electrons. The van der Waals surface area contributed by atoms with E-state index in [4.69, 9.17) is 0 Å². The first-order chi connectivity index (χ1) is 5.65. The zero-order valence-electron chi connectivity index (χ0n) is 6.90. The van der Waals surface area contributed by atoms with Gasteiger partial charge in [0.25, 0.3) is 5.91 Å². The van der Waals surface area contributed by atoms with Gasteiger partial charge in [-0.3, -0.25) is 9.59 Å². The summed E-state index contributed by atoms with van der Waals surface area (Å²) in [5.41, 5.74) is 0.611. The van der Waals surface area contributed by atoms with Gasteiger partial charge in [-0.25, -0.2) is 4.99 Å². The molecular formula is C8H9NO3. The second-order valence-electron chi connectivity index (χ2n) is 2.45. The summed E-state index contributed by atoms with van der Waals surface area (Å²) in [6.07, 6.45) is 3.12. The zero-order chi connectivity index (χ0) is 9.14. The SMILES string of the molecule is COC(=O)C1C=CC(C)=NC1=O. The van der Waals surface area contributed by atoms with Crippen LogP contribution in [0, 0.1) is 5.92 Å². The molecule has 1 rings (SSSR count). The first kappa shape index (κ1) is 8.64. The maximum Gasteiger partial charge on any atom is 0.322 e. The molecule has 1 aliphatic rings. The van der Waals surface area contributed by atoms with Crippen molar-refractivity contribution in [1.82, 2.24) is 0 Å². The summed E-state index contributed by atoms with van der Waals surface area (Å²) in [6.45, 7) is 1.70. The summed E-state index contributed by atoms with van der Waals surface area (Å²) < 4.78 is 4.42. The fraction of sp³-hybridized carbons (Fsp3) is 0.375. The summed E-state index contributed by atoms with van der Waals surface area (Å²) in [6, 6.07) is 0. The molecular weight excluding hydrogens is 158 g/mol. The lowest BCUT2D eigenvalue weighted by atomic mass is 10.1. The molecule has 0 spiro atoms. The molecule has 0 saturated heterocycles. The number of carbonyl (C=O) groups is 2. The van der Waals surface area contributed by atoms with Crippen molar-refractivity contribution in [3.8, 4) is 0 Å². The second kappa shape index (κ2) is 3.30. The highest BCUT2D eigenvalue weighted by Crippen LogP contribution is 2.09. The van der Waals surface area contributed by atoms with Crippen molar-refractivity contribution in [3.05, 3.63) is 12.2 Å². The number of carbonyl (C=O) groups excluding carboxylic acids is 2. The van der Waals surface area contributed by atoms with Crippen LogP contribution in [0.4, 0.5) is 0 Å². The quantitative estimate of drug-likeness (QED) is 0.417. The van der Waals surface area contributed by atoms with Gasteiger partial charge in [0.1, 0.15) is 0 Å². The van der Waals surface area contributed by atoms with E-state index in [2.05, 4.69) is 9.73 Å². The zero-order valence-corrected chi connectivity index (χ0v) is 6.90. The van der Waals surface area contributed by atoms with Crippen molar-refractivity contribution in [2.24, 2.45) is 10.9 Å². The summed E-state index contributed by atoms with van der Waals surface area (Å²) in [4.78, 5) is 25.6. The maximum absolute atomic E-state index is 11.1. The van der Waals surface area contributed by atoms with Crippen LogP contribution >= 0.6 is 0 Å². The second-order valence-corrected chi connectivity index (χ2v) is 2.45. The summed E-state index contributed by atoms with van der Waals surface area (Å²) >= 11 is 0. The van der Waals surface area contributed by atoms with Crippen molar-refractivity contribution >= 4 is 17.6 Å². The number of esters is 1. The normalized spacial score (nSPS) is 22.0. The van der Waals surface area contributed by atoms with E-state index in [0.29, 0.717) is 5.71 Å². The van der Waals surface area contributed by atoms with E-state index in [1.807, 2.05) is 0 Å². The molecule has 1 atom stereocenters. The van der Waals surface area contributed by atoms with Crippen LogP contribution in [0.15, 0.2) is 17.1 Å². The monoisotopic (exact) mass is 167 g/mol. The highest BCUT2D eigenvalue weighted by molar-refractivity contribution is 6.11. The first-order valence-corrected chi connectivity index (χ1v) is 3.50. The lowest BCUT2D eigenvalue weighted by Gasteiger charge is -2.09. The first-order valence-electron chi connectivity index (χ1n) is 3.50. The Kier molecular flexibility index (Phi) is 2.38. The van der Waals surface area contributed by atoms with Crippen LogP contribution in [0.25, 0.3) is 0 Å². The average Bonchev–Trinajstić information content (AvgIpc) is 2.03. The molecule has 0 fully saturated rings. The Morgan fingerprint density at radius 2 is 2.33 bits per heavy atom. The topological polar surface area (TPSA) is 55.7 Å². The van der Waals surface area contributed by atoms with E-state index in [9.17, 15) is 9.59 Å². The third-order valence-electron chi connectivity index (χ3n) is 1.54. The summed E-state index contributed by atoms with van der Waals surface area (Å²) in [7, 11) is 1.24. The van der Waals surface area contributed by atoms with E-state index >= 15 is 0 Å². The number of rotatable bonds is 1. The van der Waals surface area contributed by atoms with Gasteiger partial charge in [0.15, 0.2) is 5.92 Å². The maximum atomic E-state index is 11.1. The number of dihydropyridines is 1. The van der Waals surface area contributed by atoms with Crippen LogP contribution < -0.4 is 0 Å². The molecule has 0 N–H and O–H groups in total. The molecule has 0 aromatic heterocycles. The Hall–Kier alpha value is -1.45. The number of ether oxygens (including phenoxy) is 1. The number of amides is 1. The minimum Gasteiger partial charge on any atom is -0.468 e. The van der Waals surface area contributed by atoms with Gasteiger partial charge < -0.3 is 4.74 Å². The minimum absolute atomic E-state index is 0.457. The van der Waals surface area contributed by atoms with Gasteiger partial charge in [-0.05, 0) is 13.0 Å². The van der Waals surface area contributed by atoms with Gasteiger partial charge in [0.2, 0.25) is 0 Å². The molecule has 1 amide bonds. The molecule has 1 heterocycles. The molecule has 1 aliphatic heterocycles. The number of hydrogen-bond acceptors (Lipinski definition) is 3. The van der Waals surface area contributed by atoms with Crippen LogP contribution in [0.3, 0.4) is 0 Å². The van der Waals surface area contributed by atoms with E-state index in [0.717, 1.165) is 0 Å². The minimum atomic E-state index is -0.848. The Balaban J connectivity index is 2.79. The molecule has 64 valence electrons. The van der Waals surface area contributed by atoms with Gasteiger partial charge in [0, 0.05) is 5.71 Å². The van der Waals surface area contributed by atoms with Crippen LogP contribution in [-0.4, -0.2) is 24.7 Å². The Labute approximate surface area is 69.9 Å². The van der Waals surface area contributed by atoms with Crippen molar-refractivity contribution in [3.63, 3.8) is 0 Å². The van der Waals surface area contributed by atoms with Crippen molar-refractivity contribution in [2.45, 2.75) is 6.92 Å². The molecule has 0 aromatic carbocycles. The predicted molar refractivity (Wildman–Crippen MR) is 42.8 cm³/mol. The van der Waals surface area contributed by atoms with E-state index in [-0.39, 0.29) is 0 Å². The molecule has 0 aromatic rings. The Bertz CT molecular complexity index is 278.